The van der Waals surface area contributed by atoms with E-state index in [9.17, 15) is 0 Å². The lowest BCUT2D eigenvalue weighted by Crippen LogP contribution is -2.13. The molecule has 3 rings (SSSR count). The van der Waals surface area contributed by atoms with Gasteiger partial charge in [-0.3, -0.25) is 0 Å². The number of rotatable bonds is 4. The molecule has 0 saturated heterocycles. The molecule has 5 heteroatoms. The molecule has 0 radical (unpaired) electrons. The Morgan fingerprint density at radius 3 is 2.90 bits per heavy atom. The second-order valence-electron chi connectivity index (χ2n) is 4.78. The number of nitrogens with one attached hydrogen (secondary N) is 1. The Hall–Kier alpha value is -1.72. The first-order valence-electron chi connectivity index (χ1n) is 6.47. The molecule has 0 aliphatic heterocycles. The van der Waals surface area contributed by atoms with E-state index in [2.05, 4.69) is 43.5 Å². The minimum absolute atomic E-state index is 0.772. The SMILES string of the molecule is Cc1cc2ncc(CNCc3cccc(Br)c3)cn2n1. The third kappa shape index (κ3) is 3.05. The van der Waals surface area contributed by atoms with Crippen LogP contribution in [-0.2, 0) is 13.1 Å². The quantitative estimate of drug-likeness (QED) is 0.799. The van der Waals surface area contributed by atoms with Crippen LogP contribution in [0.15, 0.2) is 47.2 Å². The summed E-state index contributed by atoms with van der Waals surface area (Å²) < 4.78 is 2.93. The van der Waals surface area contributed by atoms with Crippen LogP contribution < -0.4 is 5.32 Å². The molecule has 0 saturated carbocycles. The number of nitrogens with zero attached hydrogens (tertiary/aromatic N) is 3. The van der Waals surface area contributed by atoms with Gasteiger partial charge in [-0.05, 0) is 24.6 Å². The highest BCUT2D eigenvalue weighted by Gasteiger charge is 2.01. The molecule has 3 aromatic rings. The van der Waals surface area contributed by atoms with E-state index in [1.165, 1.54) is 5.56 Å². The Labute approximate surface area is 126 Å². The summed E-state index contributed by atoms with van der Waals surface area (Å²) in [6.07, 6.45) is 3.91. The van der Waals surface area contributed by atoms with Gasteiger partial charge in [-0.1, -0.05) is 28.1 Å². The van der Waals surface area contributed by atoms with Crippen molar-refractivity contribution in [1.82, 2.24) is 19.9 Å². The van der Waals surface area contributed by atoms with E-state index in [1.807, 2.05) is 42.0 Å². The van der Waals surface area contributed by atoms with Gasteiger partial charge in [0, 0.05) is 41.6 Å². The Morgan fingerprint density at radius 1 is 1.20 bits per heavy atom. The highest BCUT2D eigenvalue weighted by atomic mass is 79.9. The predicted molar refractivity (Wildman–Crippen MR) is 82.4 cm³/mol. The monoisotopic (exact) mass is 330 g/mol. The molecule has 0 fully saturated rings. The van der Waals surface area contributed by atoms with Gasteiger partial charge in [-0.25, -0.2) is 9.50 Å². The molecule has 0 atom stereocenters. The van der Waals surface area contributed by atoms with Crippen LogP contribution in [0.4, 0.5) is 0 Å². The zero-order valence-electron chi connectivity index (χ0n) is 11.2. The van der Waals surface area contributed by atoms with Crippen molar-refractivity contribution in [3.8, 4) is 0 Å². The maximum atomic E-state index is 4.39. The van der Waals surface area contributed by atoms with Gasteiger partial charge in [0.05, 0.1) is 5.69 Å². The van der Waals surface area contributed by atoms with Crippen LogP contribution in [0, 0.1) is 6.92 Å². The van der Waals surface area contributed by atoms with E-state index in [0.29, 0.717) is 0 Å². The lowest BCUT2D eigenvalue weighted by atomic mass is 10.2. The van der Waals surface area contributed by atoms with Crippen molar-refractivity contribution in [3.63, 3.8) is 0 Å². The summed E-state index contributed by atoms with van der Waals surface area (Å²) in [6.45, 7) is 3.57. The second kappa shape index (κ2) is 5.73. The van der Waals surface area contributed by atoms with E-state index in [1.54, 1.807) is 0 Å². The predicted octanol–water partition coefficient (Wildman–Crippen LogP) is 3.09. The number of aryl methyl sites for hydroxylation is 1. The third-order valence-corrected chi connectivity index (χ3v) is 3.53. The molecular weight excluding hydrogens is 316 g/mol. The number of aromatic nitrogens is 3. The highest BCUT2D eigenvalue weighted by molar-refractivity contribution is 9.10. The molecule has 0 amide bonds. The van der Waals surface area contributed by atoms with Crippen molar-refractivity contribution in [2.75, 3.05) is 0 Å². The first-order chi connectivity index (χ1) is 9.70. The molecule has 1 aromatic carbocycles. The molecule has 0 aliphatic carbocycles. The van der Waals surface area contributed by atoms with E-state index in [-0.39, 0.29) is 0 Å². The molecule has 2 heterocycles. The fourth-order valence-corrected chi connectivity index (χ4v) is 2.57. The van der Waals surface area contributed by atoms with Crippen molar-refractivity contribution in [2.45, 2.75) is 20.0 Å². The summed E-state index contributed by atoms with van der Waals surface area (Å²) in [4.78, 5) is 4.39. The molecule has 0 aliphatic rings. The van der Waals surface area contributed by atoms with Crippen LogP contribution in [0.25, 0.3) is 5.65 Å². The van der Waals surface area contributed by atoms with Gasteiger partial charge in [0.15, 0.2) is 5.65 Å². The Balaban J connectivity index is 1.64. The molecule has 1 N–H and O–H groups in total. The largest absolute Gasteiger partial charge is 0.309 e. The molecular formula is C15H15BrN4. The second-order valence-corrected chi connectivity index (χ2v) is 5.70. The third-order valence-electron chi connectivity index (χ3n) is 3.04. The van der Waals surface area contributed by atoms with Gasteiger partial charge in [-0.2, -0.15) is 5.10 Å². The Kier molecular flexibility index (Phi) is 3.80. The molecule has 0 unspecified atom stereocenters. The number of benzene rings is 1. The van der Waals surface area contributed by atoms with Crippen LogP contribution >= 0.6 is 15.9 Å². The van der Waals surface area contributed by atoms with E-state index < -0.39 is 0 Å². The summed E-state index contributed by atoms with van der Waals surface area (Å²) in [6, 6.07) is 10.3. The van der Waals surface area contributed by atoms with Crippen molar-refractivity contribution in [3.05, 3.63) is 64.0 Å². The summed E-state index contributed by atoms with van der Waals surface area (Å²) in [7, 11) is 0. The van der Waals surface area contributed by atoms with E-state index >= 15 is 0 Å². The first-order valence-corrected chi connectivity index (χ1v) is 7.26. The number of hydrogen-bond donors (Lipinski definition) is 1. The van der Waals surface area contributed by atoms with Crippen molar-refractivity contribution < 1.29 is 0 Å². The lowest BCUT2D eigenvalue weighted by Gasteiger charge is -2.05. The van der Waals surface area contributed by atoms with Gasteiger partial charge >= 0.3 is 0 Å². The fraction of sp³-hybridized carbons (Fsp3) is 0.200. The summed E-state index contributed by atoms with van der Waals surface area (Å²) in [5.41, 5.74) is 4.24. The van der Waals surface area contributed by atoms with Gasteiger partial charge < -0.3 is 5.32 Å². The standard InChI is InChI=1S/C15H15BrN4/c1-11-5-15-18-9-13(10-20(15)19-11)8-17-7-12-3-2-4-14(16)6-12/h2-6,9-10,17H,7-8H2,1H3. The zero-order chi connectivity index (χ0) is 13.9. The molecule has 0 spiro atoms. The average Bonchev–Trinajstić information content (AvgIpc) is 2.78. The van der Waals surface area contributed by atoms with Gasteiger partial charge in [0.25, 0.3) is 0 Å². The zero-order valence-corrected chi connectivity index (χ0v) is 12.8. The minimum Gasteiger partial charge on any atom is -0.309 e. The Bertz CT molecular complexity index is 736. The van der Waals surface area contributed by atoms with Crippen molar-refractivity contribution >= 4 is 21.6 Å². The van der Waals surface area contributed by atoms with E-state index in [0.717, 1.165) is 34.5 Å². The lowest BCUT2D eigenvalue weighted by molar-refractivity contribution is 0.685. The molecule has 102 valence electrons. The van der Waals surface area contributed by atoms with Gasteiger partial charge in [0.1, 0.15) is 0 Å². The topological polar surface area (TPSA) is 42.2 Å². The van der Waals surface area contributed by atoms with Gasteiger partial charge in [-0.15, -0.1) is 0 Å². The maximum absolute atomic E-state index is 4.39. The smallest absolute Gasteiger partial charge is 0.155 e. The van der Waals surface area contributed by atoms with Crippen LogP contribution in [0.2, 0.25) is 0 Å². The van der Waals surface area contributed by atoms with Crippen molar-refractivity contribution in [1.29, 1.82) is 0 Å². The summed E-state index contributed by atoms with van der Waals surface area (Å²) in [5, 5.41) is 7.79. The highest BCUT2D eigenvalue weighted by Crippen LogP contribution is 2.11. The molecule has 4 nitrogen and oxygen atoms in total. The number of hydrogen-bond acceptors (Lipinski definition) is 3. The molecule has 2 aromatic heterocycles. The summed E-state index contributed by atoms with van der Waals surface area (Å²) in [5.74, 6) is 0. The van der Waals surface area contributed by atoms with Crippen LogP contribution in [0.3, 0.4) is 0 Å². The number of halogens is 1. The fourth-order valence-electron chi connectivity index (χ4n) is 2.12. The summed E-state index contributed by atoms with van der Waals surface area (Å²) >= 11 is 3.48. The first kappa shape index (κ1) is 13.3. The van der Waals surface area contributed by atoms with Crippen LogP contribution in [0.1, 0.15) is 16.8 Å². The molecule has 20 heavy (non-hydrogen) atoms. The Morgan fingerprint density at radius 2 is 2.05 bits per heavy atom. The van der Waals surface area contributed by atoms with Crippen molar-refractivity contribution in [2.24, 2.45) is 0 Å². The van der Waals surface area contributed by atoms with Crippen LogP contribution in [-0.4, -0.2) is 14.6 Å². The van der Waals surface area contributed by atoms with Gasteiger partial charge in [0.2, 0.25) is 0 Å². The normalized spacial score (nSPS) is 11.1. The molecule has 0 bridgehead atoms. The van der Waals surface area contributed by atoms with E-state index in [4.69, 9.17) is 0 Å². The minimum atomic E-state index is 0.772. The number of fused-ring (bicyclic) bond motifs is 1. The maximum Gasteiger partial charge on any atom is 0.155 e. The average molecular weight is 331 g/mol. The van der Waals surface area contributed by atoms with Crippen LogP contribution in [0.5, 0.6) is 0 Å².